The first-order valence-electron chi connectivity index (χ1n) is 6.25. The van der Waals surface area contributed by atoms with E-state index in [4.69, 9.17) is 28.9 Å². The fourth-order valence-electron chi connectivity index (χ4n) is 3.29. The van der Waals surface area contributed by atoms with Crippen LogP contribution in [0.15, 0.2) is 18.2 Å². The van der Waals surface area contributed by atoms with Crippen LogP contribution in [-0.2, 0) is 0 Å². The summed E-state index contributed by atoms with van der Waals surface area (Å²) >= 11 is 12.0. The van der Waals surface area contributed by atoms with Crippen molar-refractivity contribution in [2.24, 2.45) is 11.1 Å². The largest absolute Gasteiger partial charge is 0.327 e. The first-order chi connectivity index (χ1) is 8.05. The Labute approximate surface area is 113 Å². The quantitative estimate of drug-likeness (QED) is 0.854. The van der Waals surface area contributed by atoms with E-state index in [1.807, 2.05) is 12.1 Å². The zero-order chi connectivity index (χ0) is 12.6. The minimum atomic E-state index is 0.247. The highest BCUT2D eigenvalue weighted by Gasteiger charge is 2.51. The molecule has 1 aliphatic carbocycles. The van der Waals surface area contributed by atoms with Crippen LogP contribution in [-0.4, -0.2) is 6.04 Å². The summed E-state index contributed by atoms with van der Waals surface area (Å²) in [5, 5.41) is 1.27. The summed E-state index contributed by atoms with van der Waals surface area (Å²) in [5.74, 6) is 0.530. The van der Waals surface area contributed by atoms with Crippen molar-refractivity contribution in [2.75, 3.05) is 0 Å². The molecule has 0 spiro atoms. The van der Waals surface area contributed by atoms with Crippen LogP contribution in [0, 0.1) is 5.41 Å². The molecule has 0 amide bonds. The molecule has 0 radical (unpaired) electrons. The van der Waals surface area contributed by atoms with E-state index < -0.39 is 0 Å². The number of rotatable bonds is 3. The third-order valence-corrected chi connectivity index (χ3v) is 5.32. The zero-order valence-electron chi connectivity index (χ0n) is 10.3. The van der Waals surface area contributed by atoms with Crippen LogP contribution in [0.3, 0.4) is 0 Å². The van der Waals surface area contributed by atoms with Crippen molar-refractivity contribution in [3.05, 3.63) is 33.8 Å². The monoisotopic (exact) mass is 271 g/mol. The van der Waals surface area contributed by atoms with Gasteiger partial charge >= 0.3 is 0 Å². The van der Waals surface area contributed by atoms with Gasteiger partial charge in [-0.05, 0) is 48.3 Å². The molecule has 0 aromatic heterocycles. The standard InChI is InChI=1S/C14H19Cl2N/c1-3-14(4-2)10(8-13(14)17)9-5-6-11(15)12(16)7-9/h5-7,10,13H,3-4,8,17H2,1-2H3. The van der Waals surface area contributed by atoms with Crippen molar-refractivity contribution in [3.8, 4) is 0 Å². The summed E-state index contributed by atoms with van der Waals surface area (Å²) in [6.45, 7) is 4.46. The van der Waals surface area contributed by atoms with Gasteiger partial charge in [-0.25, -0.2) is 0 Å². The first kappa shape index (κ1) is 13.2. The molecule has 2 unspecified atom stereocenters. The van der Waals surface area contributed by atoms with Crippen LogP contribution < -0.4 is 5.73 Å². The van der Waals surface area contributed by atoms with Crippen molar-refractivity contribution in [1.29, 1.82) is 0 Å². The van der Waals surface area contributed by atoms with Crippen LogP contribution in [0.1, 0.15) is 44.6 Å². The van der Waals surface area contributed by atoms with Crippen LogP contribution in [0.2, 0.25) is 10.0 Å². The lowest BCUT2D eigenvalue weighted by atomic mass is 9.52. The maximum absolute atomic E-state index is 6.22. The fraction of sp³-hybridized carbons (Fsp3) is 0.571. The van der Waals surface area contributed by atoms with E-state index in [0.29, 0.717) is 22.0 Å². The average molecular weight is 272 g/mol. The highest BCUT2D eigenvalue weighted by atomic mass is 35.5. The lowest BCUT2D eigenvalue weighted by Gasteiger charge is -2.55. The summed E-state index contributed by atoms with van der Waals surface area (Å²) in [6, 6.07) is 6.29. The molecule has 2 atom stereocenters. The predicted molar refractivity (Wildman–Crippen MR) is 74.8 cm³/mol. The van der Waals surface area contributed by atoms with E-state index in [0.717, 1.165) is 19.3 Å². The van der Waals surface area contributed by atoms with Crippen molar-refractivity contribution in [2.45, 2.75) is 45.1 Å². The van der Waals surface area contributed by atoms with Crippen LogP contribution in [0.25, 0.3) is 0 Å². The van der Waals surface area contributed by atoms with E-state index in [2.05, 4.69) is 19.9 Å². The predicted octanol–water partition coefficient (Wildman–Crippen LogP) is 4.61. The van der Waals surface area contributed by atoms with Crippen LogP contribution >= 0.6 is 23.2 Å². The van der Waals surface area contributed by atoms with Crippen molar-refractivity contribution >= 4 is 23.2 Å². The third kappa shape index (κ3) is 1.99. The second kappa shape index (κ2) is 4.79. The molecule has 1 aromatic carbocycles. The van der Waals surface area contributed by atoms with E-state index in [1.54, 1.807) is 0 Å². The highest BCUT2D eigenvalue weighted by molar-refractivity contribution is 6.42. The van der Waals surface area contributed by atoms with Crippen LogP contribution in [0.4, 0.5) is 0 Å². The van der Waals surface area contributed by atoms with Gasteiger partial charge in [0.15, 0.2) is 0 Å². The smallest absolute Gasteiger partial charge is 0.0595 e. The zero-order valence-corrected chi connectivity index (χ0v) is 11.9. The van der Waals surface area contributed by atoms with Gasteiger partial charge in [0.25, 0.3) is 0 Å². The number of halogens is 2. The van der Waals surface area contributed by atoms with Gasteiger partial charge in [-0.3, -0.25) is 0 Å². The second-order valence-corrected chi connectivity index (χ2v) is 5.82. The Morgan fingerprint density at radius 1 is 1.24 bits per heavy atom. The molecule has 2 N–H and O–H groups in total. The Morgan fingerprint density at radius 3 is 2.35 bits per heavy atom. The minimum Gasteiger partial charge on any atom is -0.327 e. The summed E-state index contributed by atoms with van der Waals surface area (Å²) in [5.41, 5.74) is 7.74. The van der Waals surface area contributed by atoms with Gasteiger partial charge in [-0.2, -0.15) is 0 Å². The van der Waals surface area contributed by atoms with Gasteiger partial charge in [-0.1, -0.05) is 43.1 Å². The molecule has 1 aliphatic rings. The van der Waals surface area contributed by atoms with Gasteiger partial charge < -0.3 is 5.73 Å². The van der Waals surface area contributed by atoms with Gasteiger partial charge in [0, 0.05) is 6.04 Å². The molecule has 94 valence electrons. The summed E-state index contributed by atoms with van der Waals surface area (Å²) in [6.07, 6.45) is 3.30. The Hall–Kier alpha value is -0.240. The molecular formula is C14H19Cl2N. The van der Waals surface area contributed by atoms with Gasteiger partial charge in [0.2, 0.25) is 0 Å². The van der Waals surface area contributed by atoms with Gasteiger partial charge in [0.05, 0.1) is 10.0 Å². The molecule has 1 fully saturated rings. The number of hydrogen-bond donors (Lipinski definition) is 1. The molecule has 17 heavy (non-hydrogen) atoms. The van der Waals surface area contributed by atoms with Gasteiger partial charge in [0.1, 0.15) is 0 Å². The fourth-order valence-corrected chi connectivity index (χ4v) is 3.59. The molecular weight excluding hydrogens is 253 g/mol. The maximum atomic E-state index is 6.22. The molecule has 0 saturated heterocycles. The second-order valence-electron chi connectivity index (χ2n) is 5.01. The molecule has 3 heteroatoms. The Morgan fingerprint density at radius 2 is 1.88 bits per heavy atom. The lowest BCUT2D eigenvalue weighted by molar-refractivity contribution is 0.0438. The highest BCUT2D eigenvalue weighted by Crippen LogP contribution is 2.56. The first-order valence-corrected chi connectivity index (χ1v) is 7.01. The molecule has 1 saturated carbocycles. The van der Waals surface area contributed by atoms with E-state index in [1.165, 1.54) is 5.56 Å². The van der Waals surface area contributed by atoms with E-state index >= 15 is 0 Å². The summed E-state index contributed by atoms with van der Waals surface area (Å²) in [7, 11) is 0. The summed E-state index contributed by atoms with van der Waals surface area (Å²) < 4.78 is 0. The van der Waals surface area contributed by atoms with Gasteiger partial charge in [-0.15, -0.1) is 0 Å². The van der Waals surface area contributed by atoms with Crippen molar-refractivity contribution < 1.29 is 0 Å². The molecule has 0 heterocycles. The Bertz CT molecular complexity index is 413. The number of benzene rings is 1. The Kier molecular flexibility index (Phi) is 3.72. The normalized spacial score (nSPS) is 26.6. The molecule has 2 rings (SSSR count). The molecule has 1 nitrogen and oxygen atoms in total. The summed E-state index contributed by atoms with van der Waals surface area (Å²) in [4.78, 5) is 0. The molecule has 1 aromatic rings. The number of hydrogen-bond acceptors (Lipinski definition) is 1. The minimum absolute atomic E-state index is 0.247. The van der Waals surface area contributed by atoms with Crippen molar-refractivity contribution in [3.63, 3.8) is 0 Å². The topological polar surface area (TPSA) is 26.0 Å². The molecule has 0 bridgehead atoms. The average Bonchev–Trinajstić information content (AvgIpc) is 2.32. The Balaban J connectivity index is 2.32. The third-order valence-electron chi connectivity index (χ3n) is 4.58. The van der Waals surface area contributed by atoms with E-state index in [-0.39, 0.29) is 5.41 Å². The molecule has 0 aliphatic heterocycles. The number of nitrogens with two attached hydrogens (primary N) is 1. The van der Waals surface area contributed by atoms with E-state index in [9.17, 15) is 0 Å². The van der Waals surface area contributed by atoms with Crippen molar-refractivity contribution in [1.82, 2.24) is 0 Å². The van der Waals surface area contributed by atoms with Crippen LogP contribution in [0.5, 0.6) is 0 Å². The lowest BCUT2D eigenvalue weighted by Crippen LogP contribution is -2.55. The maximum Gasteiger partial charge on any atom is 0.0595 e. The SMILES string of the molecule is CCC1(CC)C(N)CC1c1ccc(Cl)c(Cl)c1.